The van der Waals surface area contributed by atoms with E-state index in [-0.39, 0.29) is 30.2 Å². The van der Waals surface area contributed by atoms with Crippen molar-refractivity contribution in [2.45, 2.75) is 43.9 Å². The van der Waals surface area contributed by atoms with Gasteiger partial charge in [0, 0.05) is 12.0 Å². The molecule has 4 nitrogen and oxygen atoms in total. The number of rotatable bonds is 8. The van der Waals surface area contributed by atoms with Crippen LogP contribution in [0.4, 0.5) is 26.3 Å². The van der Waals surface area contributed by atoms with Gasteiger partial charge in [-0.3, -0.25) is 4.79 Å². The van der Waals surface area contributed by atoms with Crippen molar-refractivity contribution in [2.75, 3.05) is 13.2 Å². The molecular formula is C23H24F6N2O2. The minimum absolute atomic E-state index is 0.0635. The van der Waals surface area contributed by atoms with Crippen LogP contribution in [0.3, 0.4) is 0 Å². The van der Waals surface area contributed by atoms with Crippen LogP contribution in [-0.4, -0.2) is 25.6 Å². The Hall–Kier alpha value is -2.59. The Labute approximate surface area is 187 Å². The van der Waals surface area contributed by atoms with E-state index >= 15 is 0 Å². The van der Waals surface area contributed by atoms with E-state index in [1.807, 2.05) is 30.3 Å². The molecule has 1 heterocycles. The van der Waals surface area contributed by atoms with E-state index in [0.29, 0.717) is 18.5 Å². The molecule has 1 amide bonds. The van der Waals surface area contributed by atoms with Crippen molar-refractivity contribution in [2.24, 2.45) is 5.92 Å². The molecule has 0 aromatic heterocycles. The second-order valence-electron chi connectivity index (χ2n) is 7.97. The molecule has 1 aliphatic heterocycles. The van der Waals surface area contributed by atoms with Crippen molar-refractivity contribution in [1.29, 1.82) is 0 Å². The van der Waals surface area contributed by atoms with Crippen LogP contribution in [-0.2, 0) is 28.5 Å². The molecule has 1 unspecified atom stereocenters. The Morgan fingerprint density at radius 1 is 1.03 bits per heavy atom. The highest BCUT2D eigenvalue weighted by Crippen LogP contribution is 2.37. The number of piperidine rings is 1. The third-order valence-corrected chi connectivity index (χ3v) is 5.68. The summed E-state index contributed by atoms with van der Waals surface area (Å²) in [6, 6.07) is 10.4. The number of amides is 1. The van der Waals surface area contributed by atoms with Gasteiger partial charge in [-0.25, -0.2) is 0 Å². The first-order valence-corrected chi connectivity index (χ1v) is 10.4. The van der Waals surface area contributed by atoms with Crippen LogP contribution >= 0.6 is 0 Å². The van der Waals surface area contributed by atoms with Crippen LogP contribution < -0.4 is 10.6 Å². The van der Waals surface area contributed by atoms with Gasteiger partial charge in [-0.05, 0) is 48.7 Å². The van der Waals surface area contributed by atoms with Crippen LogP contribution in [0.5, 0.6) is 0 Å². The van der Waals surface area contributed by atoms with Crippen molar-refractivity contribution >= 4 is 6.41 Å². The zero-order valence-electron chi connectivity index (χ0n) is 17.5. The summed E-state index contributed by atoms with van der Waals surface area (Å²) in [5.41, 5.74) is -2.01. The minimum Gasteiger partial charge on any atom is -0.375 e. The van der Waals surface area contributed by atoms with Crippen molar-refractivity contribution in [3.05, 3.63) is 70.8 Å². The molecule has 10 heteroatoms. The third kappa shape index (κ3) is 6.70. The van der Waals surface area contributed by atoms with Crippen LogP contribution in [0, 0.1) is 5.92 Å². The molecule has 180 valence electrons. The van der Waals surface area contributed by atoms with Crippen molar-refractivity contribution < 1.29 is 35.9 Å². The van der Waals surface area contributed by atoms with Gasteiger partial charge in [0.25, 0.3) is 0 Å². The molecule has 0 saturated carbocycles. The number of hydrogen-bond acceptors (Lipinski definition) is 3. The summed E-state index contributed by atoms with van der Waals surface area (Å²) >= 11 is 0. The molecule has 33 heavy (non-hydrogen) atoms. The topological polar surface area (TPSA) is 50.4 Å². The lowest BCUT2D eigenvalue weighted by Gasteiger charge is -2.38. The molecule has 3 atom stereocenters. The van der Waals surface area contributed by atoms with Crippen molar-refractivity contribution in [3.8, 4) is 0 Å². The highest BCUT2D eigenvalue weighted by Gasteiger charge is 2.37. The molecule has 3 rings (SSSR count). The molecule has 2 N–H and O–H groups in total. The quantitative estimate of drug-likeness (QED) is 0.414. The van der Waals surface area contributed by atoms with Crippen molar-refractivity contribution in [3.63, 3.8) is 0 Å². The van der Waals surface area contributed by atoms with Crippen LogP contribution in [0.15, 0.2) is 48.5 Å². The Morgan fingerprint density at radius 2 is 1.67 bits per heavy atom. The summed E-state index contributed by atoms with van der Waals surface area (Å²) in [5, 5.41) is 6.12. The monoisotopic (exact) mass is 474 g/mol. The second-order valence-corrected chi connectivity index (χ2v) is 7.97. The van der Waals surface area contributed by atoms with Gasteiger partial charge in [-0.1, -0.05) is 30.3 Å². The van der Waals surface area contributed by atoms with Crippen LogP contribution in [0.1, 0.15) is 41.1 Å². The molecule has 2 aromatic rings. The molecule has 1 saturated heterocycles. The van der Waals surface area contributed by atoms with E-state index in [4.69, 9.17) is 4.74 Å². The first kappa shape index (κ1) is 25.0. The molecule has 0 spiro atoms. The number of alkyl halides is 6. The number of carbonyl (C=O) groups excluding carboxylic acids is 1. The lowest BCUT2D eigenvalue weighted by Crippen LogP contribution is -2.48. The van der Waals surface area contributed by atoms with E-state index < -0.39 is 36.1 Å². The van der Waals surface area contributed by atoms with Gasteiger partial charge in [-0.2, -0.15) is 26.3 Å². The van der Waals surface area contributed by atoms with Gasteiger partial charge >= 0.3 is 12.4 Å². The Kier molecular flexibility index (Phi) is 8.01. The fourth-order valence-corrected chi connectivity index (χ4v) is 4.16. The van der Waals surface area contributed by atoms with Gasteiger partial charge < -0.3 is 15.4 Å². The number of nitrogens with one attached hydrogen (secondary N) is 2. The number of ether oxygens (including phenoxy) is 1. The first-order chi connectivity index (χ1) is 15.6. The average Bonchev–Trinajstić information content (AvgIpc) is 2.78. The molecule has 1 fully saturated rings. The largest absolute Gasteiger partial charge is 0.416 e. The molecule has 2 aromatic carbocycles. The molecule has 1 aliphatic rings. The number of halogens is 6. The highest BCUT2D eigenvalue weighted by molar-refractivity contribution is 5.47. The predicted octanol–water partition coefficient (Wildman–Crippen LogP) is 5.10. The molecule has 0 radical (unpaired) electrons. The summed E-state index contributed by atoms with van der Waals surface area (Å²) in [5.74, 6) is -0.0707. The Morgan fingerprint density at radius 3 is 2.24 bits per heavy atom. The summed E-state index contributed by atoms with van der Waals surface area (Å²) in [6.07, 6.45) is -7.70. The Bertz CT molecular complexity index is 885. The first-order valence-electron chi connectivity index (χ1n) is 10.4. The molecule has 0 aliphatic carbocycles. The maximum Gasteiger partial charge on any atom is 0.416 e. The highest BCUT2D eigenvalue weighted by atomic mass is 19.4. The van der Waals surface area contributed by atoms with E-state index in [1.54, 1.807) is 0 Å². The number of hydrogen-bond donors (Lipinski definition) is 2. The summed E-state index contributed by atoms with van der Waals surface area (Å²) in [4.78, 5) is 11.2. The number of benzene rings is 2. The van der Waals surface area contributed by atoms with Gasteiger partial charge in [-0.15, -0.1) is 0 Å². The van der Waals surface area contributed by atoms with Gasteiger partial charge in [0.15, 0.2) is 0 Å². The smallest absolute Gasteiger partial charge is 0.375 e. The molecule has 0 bridgehead atoms. The minimum atomic E-state index is -4.92. The molecular weight excluding hydrogens is 450 g/mol. The maximum absolute atomic E-state index is 13.1. The van der Waals surface area contributed by atoms with E-state index in [1.165, 1.54) is 0 Å². The van der Waals surface area contributed by atoms with E-state index in [9.17, 15) is 31.1 Å². The lowest BCUT2D eigenvalue weighted by atomic mass is 9.81. The fourth-order valence-electron chi connectivity index (χ4n) is 4.16. The normalized spacial score (nSPS) is 20.3. The SMILES string of the molecule is O=CNC(COCc1cc(C(F)(F)F)cc(C(F)(F)F)c1)[C@H]1CCCN[C@@H]1c1ccccc1. The second kappa shape index (κ2) is 10.6. The zero-order chi connectivity index (χ0) is 24.1. The van der Waals surface area contributed by atoms with Gasteiger partial charge in [0.1, 0.15) is 0 Å². The third-order valence-electron chi connectivity index (χ3n) is 5.68. The lowest BCUT2D eigenvalue weighted by molar-refractivity contribution is -0.143. The average molecular weight is 474 g/mol. The van der Waals surface area contributed by atoms with E-state index in [2.05, 4.69) is 10.6 Å². The summed E-state index contributed by atoms with van der Waals surface area (Å²) in [6.45, 7) is 0.265. The maximum atomic E-state index is 13.1. The van der Waals surface area contributed by atoms with E-state index in [0.717, 1.165) is 24.9 Å². The van der Waals surface area contributed by atoms with Crippen LogP contribution in [0.2, 0.25) is 0 Å². The van der Waals surface area contributed by atoms with Crippen molar-refractivity contribution in [1.82, 2.24) is 10.6 Å². The predicted molar refractivity (Wildman–Crippen MR) is 109 cm³/mol. The standard InChI is InChI=1S/C23H24F6N2O2/c24-22(25,26)17-9-15(10-18(11-17)23(27,28)29)12-33-13-20(31-14-32)19-7-4-8-30-21(19)16-5-2-1-3-6-16/h1-3,5-6,9-11,14,19-21,30H,4,7-8,12-13H2,(H,31,32)/t19-,20?,21-/m1/s1. The van der Waals surface area contributed by atoms with Crippen LogP contribution in [0.25, 0.3) is 0 Å². The van der Waals surface area contributed by atoms with Gasteiger partial charge in [0.05, 0.1) is 30.4 Å². The summed E-state index contributed by atoms with van der Waals surface area (Å²) in [7, 11) is 0. The number of carbonyl (C=O) groups is 1. The Balaban J connectivity index is 1.74. The summed E-state index contributed by atoms with van der Waals surface area (Å²) < 4.78 is 83.9. The van der Waals surface area contributed by atoms with Gasteiger partial charge in [0.2, 0.25) is 6.41 Å². The fraction of sp³-hybridized carbons (Fsp3) is 0.435. The zero-order valence-corrected chi connectivity index (χ0v) is 17.5.